The zero-order valence-corrected chi connectivity index (χ0v) is 27.4. The largest absolute Gasteiger partial charge is 0.496 e. The molecule has 0 saturated carbocycles. The number of likely N-dealkylation sites (N-methyl/N-ethyl adjacent to an activating group) is 1. The first-order valence-electron chi connectivity index (χ1n) is 15.5. The van der Waals surface area contributed by atoms with Gasteiger partial charge in [0.2, 0.25) is 5.91 Å². The van der Waals surface area contributed by atoms with Crippen LogP contribution >= 0.6 is 0 Å². The van der Waals surface area contributed by atoms with E-state index >= 15 is 4.79 Å². The van der Waals surface area contributed by atoms with Gasteiger partial charge in [0, 0.05) is 44.5 Å². The number of benzene rings is 2. The Morgan fingerprint density at radius 3 is 2.48 bits per heavy atom. The summed E-state index contributed by atoms with van der Waals surface area (Å²) in [6.45, 7) is 4.83. The Balaban J connectivity index is 1.63. The number of aromatic nitrogens is 1. The third-order valence-electron chi connectivity index (χ3n) is 9.29. The fourth-order valence-electron chi connectivity index (χ4n) is 7.13. The monoisotopic (exact) mass is 642 g/mol. The number of hydrogen-bond donors (Lipinski definition) is 0. The van der Waals surface area contributed by atoms with Gasteiger partial charge >= 0.3 is 0 Å². The molecule has 3 aliphatic rings. The number of nitriles is 1. The molecule has 0 radical (unpaired) electrons. The summed E-state index contributed by atoms with van der Waals surface area (Å²) in [6.07, 6.45) is 4.80. The molecular weight excluding hydrogens is 604 g/mol. The average Bonchev–Trinajstić information content (AvgIpc) is 3.79. The van der Waals surface area contributed by atoms with Crippen LogP contribution in [-0.2, 0) is 31.7 Å². The van der Waals surface area contributed by atoms with Crippen LogP contribution in [0.2, 0.25) is 0 Å². The summed E-state index contributed by atoms with van der Waals surface area (Å²) in [5, 5.41) is 9.69. The number of fused-ring (bicyclic) bond motifs is 1. The number of amides is 2. The van der Waals surface area contributed by atoms with Crippen LogP contribution in [0.5, 0.6) is 5.75 Å². The highest BCUT2D eigenvalue weighted by Crippen LogP contribution is 2.54. The van der Waals surface area contributed by atoms with E-state index in [0.717, 1.165) is 41.4 Å². The van der Waals surface area contributed by atoms with E-state index < -0.39 is 27.5 Å². The molecule has 2 amide bonds. The lowest BCUT2D eigenvalue weighted by Crippen LogP contribution is -2.59. The normalized spacial score (nSPS) is 21.8. The Morgan fingerprint density at radius 1 is 1.07 bits per heavy atom. The van der Waals surface area contributed by atoms with Crippen molar-refractivity contribution in [2.45, 2.75) is 55.8 Å². The summed E-state index contributed by atoms with van der Waals surface area (Å²) < 4.78 is 35.6. The maximum atomic E-state index is 15.3. The second kappa shape index (κ2) is 12.1. The van der Waals surface area contributed by atoms with Crippen LogP contribution in [0, 0.1) is 18.3 Å². The van der Waals surface area contributed by atoms with Crippen molar-refractivity contribution in [3.63, 3.8) is 0 Å². The minimum absolute atomic E-state index is 0.109. The fourth-order valence-corrected chi connectivity index (χ4v) is 8.51. The summed E-state index contributed by atoms with van der Waals surface area (Å²) in [6, 6.07) is 14.6. The smallest absolute Gasteiger partial charge is 0.288 e. The van der Waals surface area contributed by atoms with Crippen LogP contribution in [-0.4, -0.2) is 86.8 Å². The third-order valence-corrected chi connectivity index (χ3v) is 10.9. The summed E-state index contributed by atoms with van der Waals surface area (Å²) in [7, 11) is 0.328. The molecule has 2 atom stereocenters. The number of carbonyl (C=O) groups excluding carboxylic acids is 2. The first kappa shape index (κ1) is 31.7. The van der Waals surface area contributed by atoms with E-state index in [1.165, 1.54) is 36.4 Å². The Morgan fingerprint density at radius 2 is 1.83 bits per heavy atom. The number of nitrogens with zero attached hydrogens (tertiary/aromatic N) is 6. The first-order chi connectivity index (χ1) is 22.0. The minimum Gasteiger partial charge on any atom is -0.496 e. The number of aryl methyl sites for hydroxylation is 1. The van der Waals surface area contributed by atoms with Gasteiger partial charge in [-0.1, -0.05) is 18.2 Å². The summed E-state index contributed by atoms with van der Waals surface area (Å²) in [4.78, 5) is 38.9. The van der Waals surface area contributed by atoms with Crippen LogP contribution in [0.15, 0.2) is 59.8 Å². The van der Waals surface area contributed by atoms with Gasteiger partial charge < -0.3 is 9.64 Å². The number of ether oxygens (including phenoxy) is 1. The molecule has 2 fully saturated rings. The molecule has 12 heteroatoms. The summed E-state index contributed by atoms with van der Waals surface area (Å²) in [5.41, 5.74) is 1.03. The average molecular weight is 643 g/mol. The van der Waals surface area contributed by atoms with Crippen LogP contribution < -0.4 is 9.04 Å². The van der Waals surface area contributed by atoms with Gasteiger partial charge in [-0.15, -0.1) is 0 Å². The van der Waals surface area contributed by atoms with Crippen molar-refractivity contribution in [1.29, 1.82) is 5.26 Å². The second-order valence-electron chi connectivity index (χ2n) is 12.4. The molecule has 2 saturated heterocycles. The first-order valence-corrected chi connectivity index (χ1v) is 16.9. The molecule has 240 valence electrons. The molecule has 1 aromatic heterocycles. The highest BCUT2D eigenvalue weighted by molar-refractivity contribution is 7.93. The molecule has 0 bridgehead atoms. The quantitative estimate of drug-likeness (QED) is 0.363. The molecule has 3 aliphatic heterocycles. The lowest BCUT2D eigenvalue weighted by molar-refractivity contribution is -0.138. The zero-order chi connectivity index (χ0) is 32.8. The predicted molar refractivity (Wildman–Crippen MR) is 172 cm³/mol. The molecule has 1 unspecified atom stereocenters. The van der Waals surface area contributed by atoms with Gasteiger partial charge in [-0.2, -0.15) is 18.0 Å². The lowest BCUT2D eigenvalue weighted by Gasteiger charge is -2.42. The Hall–Kier alpha value is -4.31. The molecule has 0 N–H and O–H groups in total. The fraction of sp³-hybridized carbons (Fsp3) is 0.412. The molecule has 11 nitrogen and oxygen atoms in total. The number of sulfonamides is 1. The molecule has 6 rings (SSSR count). The van der Waals surface area contributed by atoms with E-state index in [2.05, 4.69) is 16.0 Å². The van der Waals surface area contributed by atoms with Crippen molar-refractivity contribution in [2.75, 3.05) is 45.1 Å². The number of hydrogen-bond acceptors (Lipinski definition) is 9. The number of carbonyl (C=O) groups is 2. The van der Waals surface area contributed by atoms with Gasteiger partial charge in [-0.05, 0) is 87.2 Å². The van der Waals surface area contributed by atoms with Gasteiger partial charge in [0.25, 0.3) is 15.9 Å². The molecule has 0 spiro atoms. The molecule has 0 aliphatic carbocycles. The van der Waals surface area contributed by atoms with E-state index in [1.54, 1.807) is 33.2 Å². The Bertz CT molecular complexity index is 1830. The molecular formula is C34H38N6O5S. The Labute approximate surface area is 270 Å². The van der Waals surface area contributed by atoms with Crippen molar-refractivity contribution in [3.8, 4) is 11.8 Å². The maximum absolute atomic E-state index is 15.3. The highest BCUT2D eigenvalue weighted by atomic mass is 32.2. The van der Waals surface area contributed by atoms with E-state index in [-0.39, 0.29) is 22.2 Å². The SMILES string of the molecule is COc1cc(CN2CCCC2)ccc1C1(N2CCC[C@H]2C(=O)N(C)C)C(=O)N(S(=O)(=O)c2ccc(C)cn2)c2ccc(C#N)cc21. The van der Waals surface area contributed by atoms with E-state index in [4.69, 9.17) is 4.74 Å². The second-order valence-corrected chi connectivity index (χ2v) is 14.1. The van der Waals surface area contributed by atoms with Crippen LogP contribution in [0.3, 0.4) is 0 Å². The van der Waals surface area contributed by atoms with E-state index in [1.807, 2.05) is 23.1 Å². The Kier molecular flexibility index (Phi) is 8.35. The maximum Gasteiger partial charge on any atom is 0.288 e. The van der Waals surface area contributed by atoms with Crippen molar-refractivity contribution in [1.82, 2.24) is 19.7 Å². The minimum atomic E-state index is -4.52. The van der Waals surface area contributed by atoms with E-state index in [9.17, 15) is 18.5 Å². The topological polar surface area (TPSA) is 127 Å². The summed E-state index contributed by atoms with van der Waals surface area (Å²) in [5.74, 6) is -0.577. The molecule has 4 heterocycles. The molecule has 46 heavy (non-hydrogen) atoms. The molecule has 2 aromatic carbocycles. The number of likely N-dealkylation sites (tertiary alicyclic amines) is 2. The highest BCUT2D eigenvalue weighted by Gasteiger charge is 2.63. The number of anilines is 1. The zero-order valence-electron chi connectivity index (χ0n) is 26.6. The number of rotatable bonds is 8. The predicted octanol–water partition coefficient (Wildman–Crippen LogP) is 3.40. The summed E-state index contributed by atoms with van der Waals surface area (Å²) >= 11 is 0. The van der Waals surface area contributed by atoms with Crippen LogP contribution in [0.25, 0.3) is 0 Å². The van der Waals surface area contributed by atoms with Crippen molar-refractivity contribution < 1.29 is 22.7 Å². The number of methoxy groups -OCH3 is 1. The van der Waals surface area contributed by atoms with Gasteiger partial charge in [-0.3, -0.25) is 19.4 Å². The third kappa shape index (κ3) is 5.03. The van der Waals surface area contributed by atoms with Gasteiger partial charge in [0.05, 0.1) is 30.5 Å². The van der Waals surface area contributed by atoms with Gasteiger partial charge in [0.15, 0.2) is 10.6 Å². The molecule has 3 aromatic rings. The van der Waals surface area contributed by atoms with Crippen molar-refractivity contribution >= 4 is 27.5 Å². The lowest BCUT2D eigenvalue weighted by atomic mass is 9.80. The van der Waals surface area contributed by atoms with Crippen molar-refractivity contribution in [2.24, 2.45) is 0 Å². The number of pyridine rings is 1. The van der Waals surface area contributed by atoms with Crippen LogP contribution in [0.1, 0.15) is 53.5 Å². The van der Waals surface area contributed by atoms with Crippen LogP contribution in [0.4, 0.5) is 5.69 Å². The van der Waals surface area contributed by atoms with E-state index in [0.29, 0.717) is 42.8 Å². The van der Waals surface area contributed by atoms with Gasteiger partial charge in [0.1, 0.15) is 5.75 Å². The standard InChI is InChI=1S/C34H38N6O5S/c1-23-9-14-31(36-21-23)46(43,44)40-28-13-11-24(20-35)18-27(28)34(33(40)42,39-17-7-8-29(39)32(41)37(2)3)26-12-10-25(19-30(26)45-4)22-38-15-5-6-16-38/h9-14,18-19,21,29H,5-8,15-17,22H2,1-4H3/t29-,34?/m0/s1. The van der Waals surface area contributed by atoms with Crippen molar-refractivity contribution in [3.05, 3.63) is 82.5 Å². The van der Waals surface area contributed by atoms with Gasteiger partial charge in [-0.25, -0.2) is 4.98 Å².